The van der Waals surface area contributed by atoms with Gasteiger partial charge in [-0.05, 0) is 44.0 Å². The highest BCUT2D eigenvalue weighted by Gasteiger charge is 2.14. The van der Waals surface area contributed by atoms with Crippen LogP contribution in [-0.2, 0) is 13.2 Å². The first kappa shape index (κ1) is 22.9. The van der Waals surface area contributed by atoms with Gasteiger partial charge in [0.25, 0.3) is 5.91 Å². The largest absolute Gasteiger partial charge is 0.455 e. The van der Waals surface area contributed by atoms with Gasteiger partial charge in [-0.15, -0.1) is 0 Å². The molecule has 174 valence electrons. The van der Waals surface area contributed by atoms with Crippen LogP contribution in [0, 0.1) is 13.8 Å². The van der Waals surface area contributed by atoms with Gasteiger partial charge in [0, 0.05) is 42.3 Å². The standard InChI is InChI=1S/C25H26N6O3/c1-16-11-19(9-10-26-16)14-27-24(32)22-13-21(34-31-22)15-33-25-28-17(2)12-23(30-25)29-18(3)20-7-5-4-6-8-20/h4-13,18H,14-15H2,1-3H3,(H,27,32)(H,28,29,30). The molecule has 1 unspecified atom stereocenters. The Hall–Kier alpha value is -4.27. The van der Waals surface area contributed by atoms with E-state index in [1.54, 1.807) is 12.3 Å². The van der Waals surface area contributed by atoms with Crippen molar-refractivity contribution in [2.75, 3.05) is 5.32 Å². The SMILES string of the molecule is Cc1cc(CNC(=O)c2cc(COc3nc(C)cc(NC(C)c4ccccc4)n3)on2)ccn1. The molecule has 9 nitrogen and oxygen atoms in total. The molecule has 34 heavy (non-hydrogen) atoms. The third-order valence-corrected chi connectivity index (χ3v) is 5.05. The fourth-order valence-corrected chi connectivity index (χ4v) is 3.34. The highest BCUT2D eigenvalue weighted by molar-refractivity contribution is 5.92. The number of anilines is 1. The Labute approximate surface area is 197 Å². The quantitative estimate of drug-likeness (QED) is 0.384. The number of nitrogens with one attached hydrogen (secondary N) is 2. The topological polar surface area (TPSA) is 115 Å². The Morgan fingerprint density at radius 2 is 1.88 bits per heavy atom. The van der Waals surface area contributed by atoms with Gasteiger partial charge in [0.1, 0.15) is 5.82 Å². The summed E-state index contributed by atoms with van der Waals surface area (Å²) in [6.07, 6.45) is 1.71. The van der Waals surface area contributed by atoms with Gasteiger partial charge < -0.3 is 19.9 Å². The summed E-state index contributed by atoms with van der Waals surface area (Å²) in [6.45, 7) is 6.24. The summed E-state index contributed by atoms with van der Waals surface area (Å²) in [5.41, 5.74) is 3.92. The zero-order chi connectivity index (χ0) is 23.9. The molecule has 0 fully saturated rings. The fourth-order valence-electron chi connectivity index (χ4n) is 3.34. The van der Waals surface area contributed by atoms with Crippen LogP contribution in [-0.4, -0.2) is 26.0 Å². The first-order chi connectivity index (χ1) is 16.5. The van der Waals surface area contributed by atoms with Gasteiger partial charge >= 0.3 is 6.01 Å². The summed E-state index contributed by atoms with van der Waals surface area (Å²) in [5.74, 6) is 0.711. The van der Waals surface area contributed by atoms with Crippen LogP contribution >= 0.6 is 0 Å². The lowest BCUT2D eigenvalue weighted by Gasteiger charge is -2.15. The number of hydrogen-bond acceptors (Lipinski definition) is 8. The van der Waals surface area contributed by atoms with Gasteiger partial charge in [0.2, 0.25) is 0 Å². The molecule has 0 spiro atoms. The number of carbonyl (C=O) groups excluding carboxylic acids is 1. The molecular weight excluding hydrogens is 432 g/mol. The molecular formula is C25H26N6O3. The Morgan fingerprint density at radius 3 is 2.68 bits per heavy atom. The van der Waals surface area contributed by atoms with E-state index in [0.717, 1.165) is 22.5 Å². The molecule has 3 heterocycles. The number of carbonyl (C=O) groups is 1. The van der Waals surface area contributed by atoms with Crippen molar-refractivity contribution in [3.8, 4) is 6.01 Å². The Balaban J connectivity index is 1.33. The van der Waals surface area contributed by atoms with Gasteiger partial charge in [0.05, 0.1) is 0 Å². The predicted octanol–water partition coefficient (Wildman–Crippen LogP) is 4.16. The number of nitrogens with zero attached hydrogens (tertiary/aromatic N) is 4. The molecule has 0 bridgehead atoms. The van der Waals surface area contributed by atoms with Crippen molar-refractivity contribution in [1.82, 2.24) is 25.4 Å². The zero-order valence-corrected chi connectivity index (χ0v) is 19.3. The highest BCUT2D eigenvalue weighted by Crippen LogP contribution is 2.20. The van der Waals surface area contributed by atoms with Crippen LogP contribution in [0.15, 0.2) is 65.3 Å². The van der Waals surface area contributed by atoms with E-state index in [2.05, 4.69) is 49.8 Å². The molecule has 0 saturated carbocycles. The highest BCUT2D eigenvalue weighted by atomic mass is 16.5. The minimum atomic E-state index is -0.336. The molecule has 1 atom stereocenters. The number of aromatic nitrogens is 4. The van der Waals surface area contributed by atoms with Crippen molar-refractivity contribution in [3.63, 3.8) is 0 Å². The number of benzene rings is 1. The molecule has 1 aromatic carbocycles. The maximum atomic E-state index is 12.4. The number of ether oxygens (including phenoxy) is 1. The minimum Gasteiger partial charge on any atom is -0.455 e. The third-order valence-electron chi connectivity index (χ3n) is 5.05. The summed E-state index contributed by atoms with van der Waals surface area (Å²) < 4.78 is 10.9. The number of hydrogen-bond donors (Lipinski definition) is 2. The van der Waals surface area contributed by atoms with E-state index in [0.29, 0.717) is 18.1 Å². The number of pyridine rings is 1. The summed E-state index contributed by atoms with van der Waals surface area (Å²) >= 11 is 0. The van der Waals surface area contributed by atoms with E-state index >= 15 is 0 Å². The maximum absolute atomic E-state index is 12.4. The van der Waals surface area contributed by atoms with Gasteiger partial charge in [-0.25, -0.2) is 4.98 Å². The van der Waals surface area contributed by atoms with Crippen LogP contribution in [0.1, 0.15) is 51.7 Å². The monoisotopic (exact) mass is 458 g/mol. The third kappa shape index (κ3) is 6.16. The first-order valence-corrected chi connectivity index (χ1v) is 10.9. The molecule has 3 aromatic heterocycles. The van der Waals surface area contributed by atoms with Gasteiger partial charge in [0.15, 0.2) is 18.1 Å². The summed E-state index contributed by atoms with van der Waals surface area (Å²) in [6, 6.07) is 17.5. The van der Waals surface area contributed by atoms with Crippen molar-refractivity contribution < 1.29 is 14.1 Å². The van der Waals surface area contributed by atoms with Crippen molar-refractivity contribution in [3.05, 3.63) is 94.8 Å². The lowest BCUT2D eigenvalue weighted by atomic mass is 10.1. The number of rotatable bonds is 9. The molecule has 0 radical (unpaired) electrons. The Kier molecular flexibility index (Phi) is 7.12. The van der Waals surface area contributed by atoms with E-state index in [4.69, 9.17) is 9.26 Å². The molecule has 4 aromatic rings. The van der Waals surface area contributed by atoms with Gasteiger partial charge in [-0.2, -0.15) is 4.98 Å². The lowest BCUT2D eigenvalue weighted by molar-refractivity contribution is 0.0941. The smallest absolute Gasteiger partial charge is 0.319 e. The van der Waals surface area contributed by atoms with Crippen molar-refractivity contribution in [2.45, 2.75) is 40.0 Å². The molecule has 0 aliphatic rings. The average molecular weight is 459 g/mol. The van der Waals surface area contributed by atoms with E-state index in [1.165, 1.54) is 0 Å². The van der Waals surface area contributed by atoms with Gasteiger partial charge in [-0.3, -0.25) is 9.78 Å². The van der Waals surface area contributed by atoms with Gasteiger partial charge in [-0.1, -0.05) is 35.5 Å². The van der Waals surface area contributed by atoms with Crippen LogP contribution in [0.2, 0.25) is 0 Å². The number of aryl methyl sites for hydroxylation is 2. The van der Waals surface area contributed by atoms with Crippen LogP contribution in [0.3, 0.4) is 0 Å². The summed E-state index contributed by atoms with van der Waals surface area (Å²) in [7, 11) is 0. The summed E-state index contributed by atoms with van der Waals surface area (Å²) in [5, 5.41) is 10.0. The second kappa shape index (κ2) is 10.6. The minimum absolute atomic E-state index is 0.0426. The average Bonchev–Trinajstić information content (AvgIpc) is 3.31. The second-order valence-electron chi connectivity index (χ2n) is 7.91. The second-order valence-corrected chi connectivity index (χ2v) is 7.91. The van der Waals surface area contributed by atoms with Crippen LogP contribution in [0.25, 0.3) is 0 Å². The van der Waals surface area contributed by atoms with E-state index < -0.39 is 0 Å². The zero-order valence-electron chi connectivity index (χ0n) is 19.3. The lowest BCUT2D eigenvalue weighted by Crippen LogP contribution is -2.23. The first-order valence-electron chi connectivity index (χ1n) is 10.9. The normalized spacial score (nSPS) is 11.6. The Bertz CT molecular complexity index is 1260. The molecule has 1 amide bonds. The van der Waals surface area contributed by atoms with Crippen LogP contribution in [0.4, 0.5) is 5.82 Å². The van der Waals surface area contributed by atoms with Crippen LogP contribution in [0.5, 0.6) is 6.01 Å². The molecule has 0 saturated heterocycles. The summed E-state index contributed by atoms with van der Waals surface area (Å²) in [4.78, 5) is 25.3. The fraction of sp³-hybridized carbons (Fsp3) is 0.240. The Morgan fingerprint density at radius 1 is 1.06 bits per heavy atom. The molecule has 4 rings (SSSR count). The number of amides is 1. The van der Waals surface area contributed by atoms with Crippen LogP contribution < -0.4 is 15.4 Å². The van der Waals surface area contributed by atoms with Crippen molar-refractivity contribution in [2.24, 2.45) is 0 Å². The van der Waals surface area contributed by atoms with E-state index in [1.807, 2.05) is 50.2 Å². The molecule has 2 N–H and O–H groups in total. The van der Waals surface area contributed by atoms with E-state index in [-0.39, 0.29) is 30.3 Å². The predicted molar refractivity (Wildman–Crippen MR) is 126 cm³/mol. The van der Waals surface area contributed by atoms with Crippen molar-refractivity contribution in [1.29, 1.82) is 0 Å². The molecule has 9 heteroatoms. The molecule has 0 aliphatic carbocycles. The molecule has 0 aliphatic heterocycles. The maximum Gasteiger partial charge on any atom is 0.319 e. The van der Waals surface area contributed by atoms with Crippen molar-refractivity contribution >= 4 is 11.7 Å². The van der Waals surface area contributed by atoms with E-state index in [9.17, 15) is 4.79 Å².